The van der Waals surface area contributed by atoms with Crippen LogP contribution < -0.4 is 0 Å². The molecule has 3 aromatic carbocycles. The van der Waals surface area contributed by atoms with E-state index in [1.165, 1.54) is 26.9 Å². The van der Waals surface area contributed by atoms with Crippen molar-refractivity contribution in [1.82, 2.24) is 4.98 Å². The Balaban J connectivity index is 2.34. The highest BCUT2D eigenvalue weighted by Gasteiger charge is 2.16. The maximum atomic E-state index is 5.96. The molecule has 0 saturated heterocycles. The third-order valence-corrected chi connectivity index (χ3v) is 3.88. The summed E-state index contributed by atoms with van der Waals surface area (Å²) in [5.41, 5.74) is 2.94. The minimum absolute atomic E-state index is 0.941. The summed E-state index contributed by atoms with van der Waals surface area (Å²) in [6, 6.07) is 16.5. The number of hydrogen-bond donors (Lipinski definition) is 0. The van der Waals surface area contributed by atoms with Crippen molar-refractivity contribution < 1.29 is 4.42 Å². The fourth-order valence-corrected chi connectivity index (χ4v) is 3.13. The van der Waals surface area contributed by atoms with Crippen molar-refractivity contribution in [1.29, 1.82) is 0 Å². The number of pyridine rings is 1. The number of nitrogens with zero attached hydrogens (tertiary/aromatic N) is 1. The first kappa shape index (κ1) is 9.34. The van der Waals surface area contributed by atoms with Crippen LogP contribution in [0.15, 0.2) is 59.1 Å². The number of rotatable bonds is 0. The van der Waals surface area contributed by atoms with Gasteiger partial charge in [0.05, 0.1) is 5.52 Å². The van der Waals surface area contributed by atoms with Gasteiger partial charge in [0.25, 0.3) is 0 Å². The highest BCUT2D eigenvalue weighted by molar-refractivity contribution is 6.32. The predicted molar refractivity (Wildman–Crippen MR) is 77.7 cm³/mol. The van der Waals surface area contributed by atoms with E-state index >= 15 is 0 Å². The van der Waals surface area contributed by atoms with Gasteiger partial charge in [-0.05, 0) is 23.6 Å². The molecule has 0 fully saturated rings. The molecule has 0 aliphatic heterocycles. The molecule has 2 nitrogen and oxygen atoms in total. The second-order valence-corrected chi connectivity index (χ2v) is 4.86. The van der Waals surface area contributed by atoms with Crippen LogP contribution in [0.25, 0.3) is 43.6 Å². The van der Waals surface area contributed by atoms with Crippen molar-refractivity contribution in [3.05, 3.63) is 54.7 Å². The third-order valence-electron chi connectivity index (χ3n) is 3.88. The number of benzene rings is 3. The van der Waals surface area contributed by atoms with Crippen LogP contribution in [0.5, 0.6) is 0 Å². The lowest BCUT2D eigenvalue weighted by Crippen LogP contribution is -1.83. The molecule has 19 heavy (non-hydrogen) atoms. The second-order valence-electron chi connectivity index (χ2n) is 4.86. The number of aromatic nitrogens is 1. The zero-order valence-electron chi connectivity index (χ0n) is 10.1. The van der Waals surface area contributed by atoms with E-state index in [-0.39, 0.29) is 0 Å². The molecule has 0 radical (unpaired) electrons. The van der Waals surface area contributed by atoms with Crippen LogP contribution in [0.1, 0.15) is 0 Å². The first-order chi connectivity index (χ1) is 9.43. The summed E-state index contributed by atoms with van der Waals surface area (Å²) in [6.45, 7) is 0. The van der Waals surface area contributed by atoms with Crippen molar-refractivity contribution in [2.45, 2.75) is 0 Å². The molecule has 2 heteroatoms. The van der Waals surface area contributed by atoms with Crippen LogP contribution in [0, 0.1) is 0 Å². The van der Waals surface area contributed by atoms with E-state index in [0.717, 1.165) is 16.7 Å². The van der Waals surface area contributed by atoms with Gasteiger partial charge >= 0.3 is 0 Å². The Morgan fingerprint density at radius 2 is 1.37 bits per heavy atom. The minimum Gasteiger partial charge on any atom is -0.456 e. The van der Waals surface area contributed by atoms with Gasteiger partial charge in [-0.3, -0.25) is 4.98 Å². The Morgan fingerprint density at radius 1 is 0.684 bits per heavy atom. The van der Waals surface area contributed by atoms with Crippen molar-refractivity contribution >= 4 is 43.6 Å². The Kier molecular flexibility index (Phi) is 1.49. The second kappa shape index (κ2) is 3.04. The van der Waals surface area contributed by atoms with Crippen molar-refractivity contribution in [3.8, 4) is 0 Å². The van der Waals surface area contributed by atoms with Crippen LogP contribution >= 0.6 is 0 Å². The summed E-state index contributed by atoms with van der Waals surface area (Å²) in [7, 11) is 0. The lowest BCUT2D eigenvalue weighted by atomic mass is 9.97. The van der Waals surface area contributed by atoms with Crippen LogP contribution in [-0.2, 0) is 0 Å². The minimum atomic E-state index is 0.941. The molecular weight excluding hydrogens is 234 g/mol. The normalized spacial score (nSPS) is 12.2. The van der Waals surface area contributed by atoms with Gasteiger partial charge in [-0.25, -0.2) is 0 Å². The zero-order valence-corrected chi connectivity index (χ0v) is 10.1. The molecule has 0 spiro atoms. The number of fused-ring (bicyclic) bond motifs is 3. The summed E-state index contributed by atoms with van der Waals surface area (Å²) in [5, 5.41) is 5.99. The summed E-state index contributed by atoms with van der Waals surface area (Å²) >= 11 is 0. The molecule has 0 bridgehead atoms. The maximum absolute atomic E-state index is 5.96. The molecular formula is C17H9NO. The van der Waals surface area contributed by atoms with Gasteiger partial charge in [-0.15, -0.1) is 0 Å². The topological polar surface area (TPSA) is 26.0 Å². The molecule has 2 aromatic heterocycles. The first-order valence-corrected chi connectivity index (χ1v) is 6.33. The van der Waals surface area contributed by atoms with Gasteiger partial charge in [0.15, 0.2) is 0 Å². The molecule has 88 valence electrons. The molecule has 0 unspecified atom stereocenters. The lowest BCUT2D eigenvalue weighted by Gasteiger charge is -2.06. The molecule has 5 aromatic rings. The molecule has 5 rings (SSSR count). The zero-order chi connectivity index (χ0) is 12.4. The summed E-state index contributed by atoms with van der Waals surface area (Å²) < 4.78 is 5.96. The fourth-order valence-electron chi connectivity index (χ4n) is 3.13. The predicted octanol–water partition coefficient (Wildman–Crippen LogP) is 4.73. The van der Waals surface area contributed by atoms with Crippen molar-refractivity contribution in [2.24, 2.45) is 0 Å². The molecule has 0 amide bonds. The largest absolute Gasteiger partial charge is 0.456 e. The third kappa shape index (κ3) is 1.01. The van der Waals surface area contributed by atoms with Gasteiger partial charge in [-0.2, -0.15) is 0 Å². The quantitative estimate of drug-likeness (QED) is 0.368. The maximum Gasteiger partial charge on any atom is 0.136 e. The highest BCUT2D eigenvalue weighted by atomic mass is 16.3. The van der Waals surface area contributed by atoms with Gasteiger partial charge in [0.1, 0.15) is 11.2 Å². The number of hydrogen-bond acceptors (Lipinski definition) is 2. The van der Waals surface area contributed by atoms with E-state index in [4.69, 9.17) is 4.42 Å². The van der Waals surface area contributed by atoms with Gasteiger partial charge in [-0.1, -0.05) is 30.3 Å². The average molecular weight is 243 g/mol. The molecule has 0 atom stereocenters. The van der Waals surface area contributed by atoms with E-state index < -0.39 is 0 Å². The van der Waals surface area contributed by atoms with Crippen LogP contribution in [0.3, 0.4) is 0 Å². The summed E-state index contributed by atoms with van der Waals surface area (Å²) in [5.74, 6) is 0. The van der Waals surface area contributed by atoms with E-state index in [1.54, 1.807) is 0 Å². The van der Waals surface area contributed by atoms with Crippen LogP contribution in [0.2, 0.25) is 0 Å². The molecule has 0 saturated carbocycles. The first-order valence-electron chi connectivity index (χ1n) is 6.33. The molecule has 0 N–H and O–H groups in total. The Labute approximate surface area is 108 Å². The Hall–Kier alpha value is -2.61. The Bertz CT molecular complexity index is 974. The summed E-state index contributed by atoms with van der Waals surface area (Å²) in [6.07, 6.45) is 1.85. The Morgan fingerprint density at radius 3 is 2.21 bits per heavy atom. The van der Waals surface area contributed by atoms with Gasteiger partial charge < -0.3 is 4.42 Å². The average Bonchev–Trinajstić information content (AvgIpc) is 2.86. The smallest absolute Gasteiger partial charge is 0.136 e. The van der Waals surface area contributed by atoms with Crippen molar-refractivity contribution in [2.75, 3.05) is 0 Å². The van der Waals surface area contributed by atoms with Crippen molar-refractivity contribution in [3.63, 3.8) is 0 Å². The van der Waals surface area contributed by atoms with E-state index in [0.29, 0.717) is 0 Å². The summed E-state index contributed by atoms with van der Waals surface area (Å²) in [4.78, 5) is 4.57. The fraction of sp³-hybridized carbons (Fsp3) is 0. The highest BCUT2D eigenvalue weighted by Crippen LogP contribution is 2.41. The van der Waals surface area contributed by atoms with Gasteiger partial charge in [0.2, 0.25) is 0 Å². The van der Waals surface area contributed by atoms with E-state index in [9.17, 15) is 0 Å². The number of furan rings is 1. The van der Waals surface area contributed by atoms with Crippen LogP contribution in [0.4, 0.5) is 0 Å². The SMILES string of the molecule is c1cnc2c(c1)c1cccc3oc4cccc2c4c31. The monoisotopic (exact) mass is 243 g/mol. The standard InChI is InChI=1S/C17H9NO/c1-4-10-11-6-3-9-18-17(11)12-5-2-8-14-16(12)15(10)13(7-1)19-14/h1-9H. The van der Waals surface area contributed by atoms with Gasteiger partial charge in [0, 0.05) is 27.7 Å². The van der Waals surface area contributed by atoms with E-state index in [2.05, 4.69) is 23.2 Å². The molecule has 0 aliphatic rings. The molecule has 2 heterocycles. The molecule has 0 aliphatic carbocycles. The lowest BCUT2D eigenvalue weighted by molar-refractivity contribution is 0.669. The van der Waals surface area contributed by atoms with Crippen LogP contribution in [-0.4, -0.2) is 4.98 Å². The van der Waals surface area contributed by atoms with E-state index in [1.807, 2.05) is 36.5 Å².